The molecule has 0 unspecified atom stereocenters. The van der Waals surface area contributed by atoms with Crippen LogP contribution in [0.5, 0.6) is 5.75 Å². The summed E-state index contributed by atoms with van der Waals surface area (Å²) < 4.78 is 5.01. The van der Waals surface area contributed by atoms with Crippen molar-refractivity contribution in [3.8, 4) is 5.75 Å². The Labute approximate surface area is 189 Å². The van der Waals surface area contributed by atoms with Gasteiger partial charge in [-0.2, -0.15) is 0 Å². The van der Waals surface area contributed by atoms with E-state index in [2.05, 4.69) is 16.3 Å². The zero-order chi connectivity index (χ0) is 22.4. The van der Waals surface area contributed by atoms with Crippen LogP contribution in [0.3, 0.4) is 0 Å². The number of halogens is 1. The molecule has 2 heterocycles. The van der Waals surface area contributed by atoms with Crippen molar-refractivity contribution in [1.82, 2.24) is 4.90 Å². The fourth-order valence-corrected chi connectivity index (χ4v) is 4.56. The quantitative estimate of drug-likeness (QED) is 0.547. The Bertz CT molecular complexity index is 1070. The first-order valence-corrected chi connectivity index (χ1v) is 10.8. The van der Waals surface area contributed by atoms with E-state index in [9.17, 15) is 9.59 Å². The first-order valence-electron chi connectivity index (χ1n) is 9.55. The fraction of sp³-hybridized carbons (Fsp3) is 0.217. The average Bonchev–Trinajstić information content (AvgIpc) is 3.24. The van der Waals surface area contributed by atoms with Crippen LogP contribution < -0.4 is 0 Å². The van der Waals surface area contributed by atoms with Crippen LogP contribution in [0.25, 0.3) is 0 Å². The van der Waals surface area contributed by atoms with Gasteiger partial charge in [0.15, 0.2) is 0 Å². The van der Waals surface area contributed by atoms with Crippen molar-refractivity contribution < 1.29 is 24.5 Å². The van der Waals surface area contributed by atoms with Gasteiger partial charge in [0.25, 0.3) is 0 Å². The van der Waals surface area contributed by atoms with E-state index in [0.29, 0.717) is 5.02 Å². The number of para-hydroxylation sites is 1. The second kappa shape index (κ2) is 10.4. The number of carbonyl (C=O) groups excluding carboxylic acids is 1. The molecule has 0 amide bonds. The van der Waals surface area contributed by atoms with Crippen LogP contribution in [0.1, 0.15) is 32.4 Å². The number of esters is 1. The highest BCUT2D eigenvalue weighted by Crippen LogP contribution is 2.33. The third-order valence-electron chi connectivity index (χ3n) is 4.96. The minimum Gasteiger partial charge on any atom is -0.507 e. The number of benzene rings is 2. The summed E-state index contributed by atoms with van der Waals surface area (Å²) in [7, 11) is 1.42. The second-order valence-electron chi connectivity index (χ2n) is 6.86. The summed E-state index contributed by atoms with van der Waals surface area (Å²) in [5.41, 5.74) is 2.04. The minimum absolute atomic E-state index is 0.0671. The van der Waals surface area contributed by atoms with E-state index in [1.54, 1.807) is 23.5 Å². The van der Waals surface area contributed by atoms with Crippen LogP contribution in [0, 0.1) is 0 Å². The highest BCUT2D eigenvalue weighted by Gasteiger charge is 2.32. The summed E-state index contributed by atoms with van der Waals surface area (Å²) in [5.74, 6) is -1.57. The lowest BCUT2D eigenvalue weighted by atomic mass is 10.0. The molecule has 1 aliphatic rings. The van der Waals surface area contributed by atoms with E-state index in [4.69, 9.17) is 26.6 Å². The number of aromatic carboxylic acids is 1. The SMILES string of the molecule is COC(=O)[C@H](c1ccccc1Cl)N1CCc2sccc2C1.O=C(O)c1ccccc1O. The van der Waals surface area contributed by atoms with Crippen molar-refractivity contribution in [2.24, 2.45) is 0 Å². The fourth-order valence-electron chi connectivity index (χ4n) is 3.43. The number of rotatable bonds is 4. The van der Waals surface area contributed by atoms with Crippen molar-refractivity contribution in [2.75, 3.05) is 13.7 Å². The number of hydrogen-bond acceptors (Lipinski definition) is 6. The number of carboxylic acids is 1. The molecule has 0 bridgehead atoms. The van der Waals surface area contributed by atoms with Gasteiger partial charge in [0, 0.05) is 23.0 Å². The van der Waals surface area contributed by atoms with Crippen molar-refractivity contribution in [1.29, 1.82) is 0 Å². The number of fused-ring (bicyclic) bond motifs is 1. The van der Waals surface area contributed by atoms with E-state index in [1.165, 1.54) is 29.7 Å². The van der Waals surface area contributed by atoms with Gasteiger partial charge in [-0.1, -0.05) is 41.9 Å². The molecule has 162 valence electrons. The van der Waals surface area contributed by atoms with E-state index >= 15 is 0 Å². The number of carboxylic acid groups (broad SMARTS) is 1. The molecular formula is C23H22ClNO5S. The van der Waals surface area contributed by atoms with Crippen LogP contribution >= 0.6 is 22.9 Å². The Morgan fingerprint density at radius 1 is 1.13 bits per heavy atom. The van der Waals surface area contributed by atoms with E-state index in [1.807, 2.05) is 24.3 Å². The highest BCUT2D eigenvalue weighted by molar-refractivity contribution is 7.10. The number of thiophene rings is 1. The van der Waals surface area contributed by atoms with Crippen molar-refractivity contribution >= 4 is 34.9 Å². The Morgan fingerprint density at radius 3 is 2.48 bits per heavy atom. The van der Waals surface area contributed by atoms with Gasteiger partial charge >= 0.3 is 11.9 Å². The first-order chi connectivity index (χ1) is 14.9. The normalized spacial score (nSPS) is 14.0. The van der Waals surface area contributed by atoms with Crippen LogP contribution in [0.15, 0.2) is 60.0 Å². The predicted octanol–water partition coefficient (Wildman–Crippen LogP) is 4.76. The number of carbonyl (C=O) groups is 2. The van der Waals surface area contributed by atoms with Gasteiger partial charge in [-0.25, -0.2) is 9.59 Å². The maximum atomic E-state index is 12.3. The van der Waals surface area contributed by atoms with E-state index in [0.717, 1.165) is 25.1 Å². The van der Waals surface area contributed by atoms with Gasteiger partial charge in [-0.3, -0.25) is 4.90 Å². The maximum Gasteiger partial charge on any atom is 0.339 e. The van der Waals surface area contributed by atoms with Gasteiger partial charge in [0.05, 0.1) is 7.11 Å². The van der Waals surface area contributed by atoms with Crippen LogP contribution in [-0.4, -0.2) is 40.7 Å². The molecule has 0 spiro atoms. The molecule has 2 N–H and O–H groups in total. The minimum atomic E-state index is -1.11. The topological polar surface area (TPSA) is 87.1 Å². The summed E-state index contributed by atoms with van der Waals surface area (Å²) in [6.07, 6.45) is 0.963. The molecule has 31 heavy (non-hydrogen) atoms. The second-order valence-corrected chi connectivity index (χ2v) is 8.27. The largest absolute Gasteiger partial charge is 0.507 e. The monoisotopic (exact) mass is 459 g/mol. The molecule has 2 aromatic carbocycles. The van der Waals surface area contributed by atoms with Crippen molar-refractivity contribution in [2.45, 2.75) is 19.0 Å². The Kier molecular flexibility index (Phi) is 7.68. The van der Waals surface area contributed by atoms with Gasteiger partial charge in [0.1, 0.15) is 17.4 Å². The van der Waals surface area contributed by atoms with Crippen LogP contribution in [-0.2, 0) is 22.5 Å². The summed E-state index contributed by atoms with van der Waals surface area (Å²) in [6.45, 7) is 1.59. The van der Waals surface area contributed by atoms with Gasteiger partial charge in [-0.05, 0) is 47.2 Å². The standard InChI is InChI=1S/C16H16ClNO2S.C7H6O3/c1-20-16(19)15(12-4-2-3-5-13(12)17)18-8-6-14-11(10-18)7-9-21-14;8-6-4-2-1-3-5(6)7(9)10/h2-5,7,9,15H,6,8,10H2,1H3;1-4,8H,(H,9,10)/t15-;/m0./s1. The summed E-state index contributed by atoms with van der Waals surface area (Å²) >= 11 is 8.07. The molecule has 4 rings (SSSR count). The lowest BCUT2D eigenvalue weighted by Gasteiger charge is -2.33. The maximum absolute atomic E-state index is 12.3. The molecule has 3 aromatic rings. The number of ether oxygens (including phenoxy) is 1. The smallest absolute Gasteiger partial charge is 0.339 e. The highest BCUT2D eigenvalue weighted by atomic mass is 35.5. The molecule has 6 nitrogen and oxygen atoms in total. The molecule has 1 aromatic heterocycles. The molecular weight excluding hydrogens is 438 g/mol. The Morgan fingerprint density at radius 2 is 1.84 bits per heavy atom. The molecule has 0 radical (unpaired) electrons. The zero-order valence-electron chi connectivity index (χ0n) is 16.8. The Hall–Kier alpha value is -2.87. The van der Waals surface area contributed by atoms with Gasteiger partial charge < -0.3 is 14.9 Å². The molecule has 1 aliphatic heterocycles. The number of aromatic hydroxyl groups is 1. The average molecular weight is 460 g/mol. The lowest BCUT2D eigenvalue weighted by Crippen LogP contribution is -2.38. The molecule has 0 fully saturated rings. The number of phenols is 1. The van der Waals surface area contributed by atoms with Crippen LogP contribution in [0.2, 0.25) is 5.02 Å². The third kappa shape index (κ3) is 5.44. The summed E-state index contributed by atoms with van der Waals surface area (Å²) in [4.78, 5) is 26.1. The summed E-state index contributed by atoms with van der Waals surface area (Å²) in [5, 5.41) is 20.0. The van der Waals surface area contributed by atoms with Gasteiger partial charge in [-0.15, -0.1) is 11.3 Å². The third-order valence-corrected chi connectivity index (χ3v) is 6.33. The molecule has 0 aliphatic carbocycles. The molecule has 0 saturated heterocycles. The van der Waals surface area contributed by atoms with Crippen LogP contribution in [0.4, 0.5) is 0 Å². The molecule has 8 heteroatoms. The first kappa shape index (κ1) is 22.8. The zero-order valence-corrected chi connectivity index (χ0v) is 18.4. The summed E-state index contributed by atoms with van der Waals surface area (Å²) in [6, 6.07) is 15.0. The molecule has 1 atom stereocenters. The van der Waals surface area contributed by atoms with Crippen molar-refractivity contribution in [3.05, 3.63) is 86.6 Å². The Balaban J connectivity index is 0.000000229. The number of nitrogens with zero attached hydrogens (tertiary/aromatic N) is 1. The number of methoxy groups -OCH3 is 1. The van der Waals surface area contributed by atoms with Gasteiger partial charge in [0.2, 0.25) is 0 Å². The number of hydrogen-bond donors (Lipinski definition) is 2. The lowest BCUT2D eigenvalue weighted by molar-refractivity contribution is -0.147. The van der Waals surface area contributed by atoms with Crippen molar-refractivity contribution in [3.63, 3.8) is 0 Å². The predicted molar refractivity (Wildman–Crippen MR) is 120 cm³/mol. The van der Waals surface area contributed by atoms with E-state index < -0.39 is 12.0 Å². The van der Waals surface area contributed by atoms with E-state index in [-0.39, 0.29) is 17.3 Å². The molecule has 0 saturated carbocycles.